The molecule has 0 amide bonds. The van der Waals surface area contributed by atoms with Gasteiger partial charge in [-0.3, -0.25) is 4.99 Å². The van der Waals surface area contributed by atoms with Crippen LogP contribution in [0.1, 0.15) is 88.2 Å². The Bertz CT molecular complexity index is 480. The van der Waals surface area contributed by atoms with Gasteiger partial charge in [-0.05, 0) is 55.6 Å². The molecular formula is C21H35N3. The van der Waals surface area contributed by atoms with E-state index >= 15 is 0 Å². The molecule has 134 valence electrons. The van der Waals surface area contributed by atoms with Gasteiger partial charge in [0.2, 0.25) is 0 Å². The summed E-state index contributed by atoms with van der Waals surface area (Å²) in [6, 6.07) is 9.70. The van der Waals surface area contributed by atoms with Gasteiger partial charge in [0.25, 0.3) is 0 Å². The smallest absolute Gasteiger partial charge is 0.186 e. The second-order valence-electron chi connectivity index (χ2n) is 7.32. The summed E-state index contributed by atoms with van der Waals surface area (Å²) in [4.78, 5) is 4.31. The van der Waals surface area contributed by atoms with Gasteiger partial charge in [-0.1, -0.05) is 63.3 Å². The van der Waals surface area contributed by atoms with Crippen molar-refractivity contribution in [2.75, 3.05) is 0 Å². The third-order valence-corrected chi connectivity index (χ3v) is 5.30. The quantitative estimate of drug-likeness (QED) is 0.385. The first kappa shape index (κ1) is 18.8. The third-order valence-electron chi connectivity index (χ3n) is 5.30. The number of aryl methyl sites for hydroxylation is 1. The number of hydrogen-bond acceptors (Lipinski definition) is 1. The number of guanidine groups is 1. The number of aliphatic imine (C=N–C) groups is 1. The molecule has 1 fully saturated rings. The lowest BCUT2D eigenvalue weighted by atomic mass is 9.81. The summed E-state index contributed by atoms with van der Waals surface area (Å²) in [5.41, 5.74) is 14.0. The van der Waals surface area contributed by atoms with Crippen LogP contribution in [0.25, 0.3) is 0 Å². The highest BCUT2D eigenvalue weighted by molar-refractivity contribution is 5.75. The van der Waals surface area contributed by atoms with Gasteiger partial charge in [-0.15, -0.1) is 0 Å². The Morgan fingerprint density at radius 3 is 2.17 bits per heavy atom. The molecule has 3 nitrogen and oxygen atoms in total. The molecule has 3 heteroatoms. The normalized spacial score (nSPS) is 20.7. The number of nitrogens with zero attached hydrogens (tertiary/aromatic N) is 1. The average molecular weight is 330 g/mol. The Hall–Kier alpha value is -1.51. The Kier molecular flexibility index (Phi) is 8.14. The lowest BCUT2D eigenvalue weighted by molar-refractivity contribution is 0.397. The number of benzene rings is 1. The van der Waals surface area contributed by atoms with E-state index in [1.807, 2.05) is 0 Å². The van der Waals surface area contributed by atoms with Crippen molar-refractivity contribution in [2.45, 2.75) is 89.5 Å². The second kappa shape index (κ2) is 10.4. The molecule has 0 unspecified atom stereocenters. The van der Waals surface area contributed by atoms with Gasteiger partial charge >= 0.3 is 0 Å². The van der Waals surface area contributed by atoms with Crippen molar-refractivity contribution in [3.63, 3.8) is 0 Å². The van der Waals surface area contributed by atoms with Crippen LogP contribution in [0, 0.1) is 0 Å². The van der Waals surface area contributed by atoms with Gasteiger partial charge in [0, 0.05) is 0 Å². The highest BCUT2D eigenvalue weighted by Gasteiger charge is 2.21. The Balaban J connectivity index is 1.71. The van der Waals surface area contributed by atoms with Gasteiger partial charge in [0.1, 0.15) is 0 Å². The van der Waals surface area contributed by atoms with Gasteiger partial charge < -0.3 is 11.5 Å². The minimum absolute atomic E-state index is 0.234. The van der Waals surface area contributed by atoms with Crippen LogP contribution in [0.15, 0.2) is 29.3 Å². The average Bonchev–Trinajstić information content (AvgIpc) is 2.59. The van der Waals surface area contributed by atoms with Crippen LogP contribution in [-0.2, 0) is 6.42 Å². The van der Waals surface area contributed by atoms with Gasteiger partial charge in [0.05, 0.1) is 6.04 Å². The summed E-state index contributed by atoms with van der Waals surface area (Å²) in [6.07, 6.45) is 14.0. The van der Waals surface area contributed by atoms with Crippen LogP contribution in [-0.4, -0.2) is 12.0 Å². The number of unbranched alkanes of at least 4 members (excludes halogenated alkanes) is 5. The summed E-state index contributed by atoms with van der Waals surface area (Å²) in [6.45, 7) is 2.27. The molecule has 0 aromatic heterocycles. The summed E-state index contributed by atoms with van der Waals surface area (Å²) in [5, 5.41) is 0. The minimum atomic E-state index is 0.234. The molecule has 0 heterocycles. The first-order chi connectivity index (χ1) is 11.7. The topological polar surface area (TPSA) is 64.4 Å². The Morgan fingerprint density at radius 2 is 1.54 bits per heavy atom. The molecule has 0 spiro atoms. The maximum Gasteiger partial charge on any atom is 0.186 e. The number of rotatable bonds is 9. The summed E-state index contributed by atoms with van der Waals surface area (Å²) >= 11 is 0. The van der Waals surface area contributed by atoms with E-state index in [0.717, 1.165) is 12.8 Å². The predicted molar refractivity (Wildman–Crippen MR) is 104 cm³/mol. The maximum absolute atomic E-state index is 5.49. The second-order valence-corrected chi connectivity index (χ2v) is 7.32. The van der Waals surface area contributed by atoms with Crippen molar-refractivity contribution < 1.29 is 0 Å². The van der Waals surface area contributed by atoms with Crippen molar-refractivity contribution in [1.29, 1.82) is 0 Å². The van der Waals surface area contributed by atoms with E-state index in [-0.39, 0.29) is 5.96 Å². The van der Waals surface area contributed by atoms with E-state index in [0.29, 0.717) is 12.0 Å². The summed E-state index contributed by atoms with van der Waals surface area (Å²) in [5.74, 6) is 0.913. The molecular weight excluding hydrogens is 294 g/mol. The zero-order valence-corrected chi connectivity index (χ0v) is 15.3. The van der Waals surface area contributed by atoms with Crippen LogP contribution >= 0.6 is 0 Å². The molecule has 0 atom stereocenters. The SMILES string of the molecule is CCCCCCCCc1ccc(C2CCC(N=C(N)N)CC2)cc1. The molecule has 0 saturated heterocycles. The molecule has 1 aliphatic rings. The van der Waals surface area contributed by atoms with E-state index in [2.05, 4.69) is 36.2 Å². The lowest BCUT2D eigenvalue weighted by Gasteiger charge is -2.26. The molecule has 2 rings (SSSR count). The first-order valence-electron chi connectivity index (χ1n) is 9.86. The van der Waals surface area contributed by atoms with Crippen molar-refractivity contribution in [3.8, 4) is 0 Å². The molecule has 0 bridgehead atoms. The maximum atomic E-state index is 5.49. The Labute approximate surface area is 147 Å². The molecule has 1 aromatic carbocycles. The van der Waals surface area contributed by atoms with Crippen molar-refractivity contribution in [3.05, 3.63) is 35.4 Å². The fourth-order valence-electron chi connectivity index (χ4n) is 3.81. The minimum Gasteiger partial charge on any atom is -0.370 e. The van der Waals surface area contributed by atoms with Crippen LogP contribution in [0.5, 0.6) is 0 Å². The van der Waals surface area contributed by atoms with Crippen LogP contribution in [0.4, 0.5) is 0 Å². The van der Waals surface area contributed by atoms with Gasteiger partial charge in [-0.25, -0.2) is 0 Å². The standard InChI is InChI=1S/C21H35N3/c1-2-3-4-5-6-7-8-17-9-11-18(12-10-17)19-13-15-20(16-14-19)24-21(22)23/h9-12,19-20H,2-8,13-16H2,1H3,(H4,22,23,24). The molecule has 0 radical (unpaired) electrons. The zero-order chi connectivity index (χ0) is 17.2. The lowest BCUT2D eigenvalue weighted by Crippen LogP contribution is -2.27. The highest BCUT2D eigenvalue weighted by atomic mass is 15.0. The molecule has 1 saturated carbocycles. The van der Waals surface area contributed by atoms with Crippen molar-refractivity contribution >= 4 is 5.96 Å². The van der Waals surface area contributed by atoms with E-state index in [1.54, 1.807) is 0 Å². The third kappa shape index (κ3) is 6.54. The molecule has 0 aliphatic heterocycles. The molecule has 1 aromatic rings. The van der Waals surface area contributed by atoms with E-state index in [4.69, 9.17) is 11.5 Å². The van der Waals surface area contributed by atoms with Crippen LogP contribution in [0.2, 0.25) is 0 Å². The fourth-order valence-corrected chi connectivity index (χ4v) is 3.81. The molecule has 24 heavy (non-hydrogen) atoms. The van der Waals surface area contributed by atoms with Crippen LogP contribution in [0.3, 0.4) is 0 Å². The number of nitrogens with two attached hydrogens (primary N) is 2. The first-order valence-corrected chi connectivity index (χ1v) is 9.86. The Morgan fingerprint density at radius 1 is 0.917 bits per heavy atom. The van der Waals surface area contributed by atoms with E-state index < -0.39 is 0 Å². The predicted octanol–water partition coefficient (Wildman–Crippen LogP) is 4.89. The van der Waals surface area contributed by atoms with Gasteiger partial charge in [0.15, 0.2) is 5.96 Å². The fraction of sp³-hybridized carbons (Fsp3) is 0.667. The molecule has 4 N–H and O–H groups in total. The van der Waals surface area contributed by atoms with Gasteiger partial charge in [-0.2, -0.15) is 0 Å². The summed E-state index contributed by atoms with van der Waals surface area (Å²) < 4.78 is 0. The van der Waals surface area contributed by atoms with E-state index in [1.165, 1.54) is 68.9 Å². The van der Waals surface area contributed by atoms with Crippen molar-refractivity contribution in [2.24, 2.45) is 16.5 Å². The number of hydrogen-bond donors (Lipinski definition) is 2. The van der Waals surface area contributed by atoms with Crippen molar-refractivity contribution in [1.82, 2.24) is 0 Å². The zero-order valence-electron chi connectivity index (χ0n) is 15.3. The molecule has 1 aliphatic carbocycles. The monoisotopic (exact) mass is 329 g/mol. The largest absolute Gasteiger partial charge is 0.370 e. The highest BCUT2D eigenvalue weighted by Crippen LogP contribution is 2.34. The van der Waals surface area contributed by atoms with Crippen LogP contribution < -0.4 is 11.5 Å². The summed E-state index contributed by atoms with van der Waals surface area (Å²) in [7, 11) is 0. The van der Waals surface area contributed by atoms with E-state index in [9.17, 15) is 0 Å².